The van der Waals surface area contributed by atoms with Crippen LogP contribution >= 0.6 is 11.6 Å². The summed E-state index contributed by atoms with van der Waals surface area (Å²) in [5, 5.41) is 0.709. The van der Waals surface area contributed by atoms with Gasteiger partial charge in [0, 0.05) is 5.02 Å². The summed E-state index contributed by atoms with van der Waals surface area (Å²) in [7, 11) is 0. The zero-order valence-corrected chi connectivity index (χ0v) is 8.71. The molecule has 72 valence electrons. The first-order valence-electron chi connectivity index (χ1n) is 4.33. The highest BCUT2D eigenvalue weighted by atomic mass is 35.5. The zero-order chi connectivity index (χ0) is 10.4. The SMILES string of the molecule is C#C/C(=C/c1ccc(Cl)cc1)OCC. The highest BCUT2D eigenvalue weighted by molar-refractivity contribution is 6.30. The smallest absolute Gasteiger partial charge is 0.170 e. The van der Waals surface area contributed by atoms with E-state index in [1.165, 1.54) is 0 Å². The molecule has 0 saturated heterocycles. The third kappa shape index (κ3) is 3.16. The highest BCUT2D eigenvalue weighted by Gasteiger charge is 1.93. The molecule has 0 aliphatic rings. The summed E-state index contributed by atoms with van der Waals surface area (Å²) in [6.45, 7) is 2.47. The van der Waals surface area contributed by atoms with Crippen molar-refractivity contribution in [3.63, 3.8) is 0 Å². The van der Waals surface area contributed by atoms with E-state index in [0.717, 1.165) is 5.56 Å². The van der Waals surface area contributed by atoms with Gasteiger partial charge in [0.2, 0.25) is 0 Å². The molecule has 0 saturated carbocycles. The topological polar surface area (TPSA) is 9.23 Å². The minimum absolute atomic E-state index is 0.537. The Balaban J connectivity index is 2.85. The molecular formula is C12H11ClO. The maximum absolute atomic E-state index is 5.75. The van der Waals surface area contributed by atoms with Crippen LogP contribution in [-0.4, -0.2) is 6.61 Å². The number of allylic oxidation sites excluding steroid dienone is 1. The molecule has 0 amide bonds. The quantitative estimate of drug-likeness (QED) is 0.545. The molecule has 0 aromatic heterocycles. The van der Waals surface area contributed by atoms with Crippen molar-refractivity contribution >= 4 is 17.7 Å². The monoisotopic (exact) mass is 206 g/mol. The maximum Gasteiger partial charge on any atom is 0.170 e. The first-order chi connectivity index (χ1) is 6.76. The predicted molar refractivity (Wildman–Crippen MR) is 59.9 cm³/mol. The minimum Gasteiger partial charge on any atom is -0.486 e. The van der Waals surface area contributed by atoms with Crippen LogP contribution in [0, 0.1) is 12.3 Å². The fourth-order valence-electron chi connectivity index (χ4n) is 0.991. The average Bonchev–Trinajstić information content (AvgIpc) is 2.20. The molecule has 0 fully saturated rings. The molecule has 0 aliphatic heterocycles. The number of rotatable bonds is 3. The second kappa shape index (κ2) is 5.36. The summed E-state index contributed by atoms with van der Waals surface area (Å²) < 4.78 is 5.22. The molecule has 1 aromatic rings. The van der Waals surface area contributed by atoms with Crippen molar-refractivity contribution in [1.29, 1.82) is 0 Å². The van der Waals surface area contributed by atoms with Crippen LogP contribution in [0.4, 0.5) is 0 Å². The molecule has 0 unspecified atom stereocenters. The molecule has 0 heterocycles. The molecule has 2 heteroatoms. The van der Waals surface area contributed by atoms with E-state index in [1.807, 2.05) is 31.2 Å². The van der Waals surface area contributed by atoms with Gasteiger partial charge in [-0.2, -0.15) is 0 Å². The largest absolute Gasteiger partial charge is 0.486 e. The van der Waals surface area contributed by atoms with Crippen LogP contribution in [0.5, 0.6) is 0 Å². The summed E-state index contributed by atoms with van der Waals surface area (Å²) in [5.41, 5.74) is 0.982. The van der Waals surface area contributed by atoms with Gasteiger partial charge in [-0.15, -0.1) is 6.42 Å². The van der Waals surface area contributed by atoms with Crippen molar-refractivity contribution in [1.82, 2.24) is 0 Å². The summed E-state index contributed by atoms with van der Waals surface area (Å²) >= 11 is 5.75. The number of hydrogen-bond acceptors (Lipinski definition) is 1. The molecular weight excluding hydrogens is 196 g/mol. The Morgan fingerprint density at radius 1 is 1.50 bits per heavy atom. The lowest BCUT2D eigenvalue weighted by molar-refractivity contribution is 0.249. The molecule has 14 heavy (non-hydrogen) atoms. The minimum atomic E-state index is 0.537. The molecule has 0 radical (unpaired) electrons. The standard InChI is InChI=1S/C12H11ClO/c1-3-12(14-4-2)9-10-5-7-11(13)8-6-10/h1,5-9H,4H2,2H3/b12-9-. The van der Waals surface area contributed by atoms with Gasteiger partial charge in [-0.3, -0.25) is 0 Å². The molecule has 0 aliphatic carbocycles. The van der Waals surface area contributed by atoms with Gasteiger partial charge >= 0.3 is 0 Å². The van der Waals surface area contributed by atoms with E-state index in [2.05, 4.69) is 5.92 Å². The Morgan fingerprint density at radius 3 is 2.64 bits per heavy atom. The van der Waals surface area contributed by atoms with E-state index in [0.29, 0.717) is 17.4 Å². The van der Waals surface area contributed by atoms with Gasteiger partial charge in [-0.25, -0.2) is 0 Å². The van der Waals surface area contributed by atoms with Crippen LogP contribution in [0.15, 0.2) is 30.0 Å². The van der Waals surface area contributed by atoms with Crippen molar-refractivity contribution in [2.75, 3.05) is 6.61 Å². The third-order valence-electron chi connectivity index (χ3n) is 1.61. The zero-order valence-electron chi connectivity index (χ0n) is 7.96. The van der Waals surface area contributed by atoms with E-state index in [4.69, 9.17) is 22.8 Å². The van der Waals surface area contributed by atoms with Gasteiger partial charge in [0.25, 0.3) is 0 Å². The lowest BCUT2D eigenvalue weighted by Gasteiger charge is -2.01. The number of terminal acetylenes is 1. The predicted octanol–water partition coefficient (Wildman–Crippen LogP) is 3.35. The lowest BCUT2D eigenvalue weighted by Crippen LogP contribution is -1.87. The van der Waals surface area contributed by atoms with Crippen molar-refractivity contribution in [2.24, 2.45) is 0 Å². The fourth-order valence-corrected chi connectivity index (χ4v) is 1.12. The molecule has 0 bridgehead atoms. The van der Waals surface area contributed by atoms with Crippen molar-refractivity contribution in [2.45, 2.75) is 6.92 Å². The van der Waals surface area contributed by atoms with E-state index in [-0.39, 0.29) is 0 Å². The van der Waals surface area contributed by atoms with Crippen molar-refractivity contribution in [3.8, 4) is 12.3 Å². The summed E-state index contributed by atoms with van der Waals surface area (Å²) in [5.74, 6) is 3.01. The first-order valence-corrected chi connectivity index (χ1v) is 4.70. The van der Waals surface area contributed by atoms with Gasteiger partial charge in [-0.05, 0) is 36.6 Å². The van der Waals surface area contributed by atoms with Gasteiger partial charge < -0.3 is 4.74 Å². The number of ether oxygens (including phenoxy) is 1. The van der Waals surface area contributed by atoms with E-state index < -0.39 is 0 Å². The Hall–Kier alpha value is -1.39. The van der Waals surface area contributed by atoms with Crippen LogP contribution in [0.3, 0.4) is 0 Å². The van der Waals surface area contributed by atoms with Crippen LogP contribution in [0.2, 0.25) is 5.02 Å². The van der Waals surface area contributed by atoms with Gasteiger partial charge in [0.15, 0.2) is 5.76 Å². The Kier molecular flexibility index (Phi) is 4.10. The van der Waals surface area contributed by atoms with Gasteiger partial charge in [-0.1, -0.05) is 23.7 Å². The number of benzene rings is 1. The lowest BCUT2D eigenvalue weighted by atomic mass is 10.2. The summed E-state index contributed by atoms with van der Waals surface area (Å²) in [6.07, 6.45) is 7.07. The summed E-state index contributed by atoms with van der Waals surface area (Å²) in [4.78, 5) is 0. The van der Waals surface area contributed by atoms with E-state index in [9.17, 15) is 0 Å². The second-order valence-electron chi connectivity index (χ2n) is 2.64. The highest BCUT2D eigenvalue weighted by Crippen LogP contribution is 2.12. The molecule has 1 rings (SSSR count). The van der Waals surface area contributed by atoms with Crippen LogP contribution in [0.1, 0.15) is 12.5 Å². The third-order valence-corrected chi connectivity index (χ3v) is 1.86. The summed E-state index contributed by atoms with van der Waals surface area (Å²) in [6, 6.07) is 7.40. The van der Waals surface area contributed by atoms with Crippen molar-refractivity contribution < 1.29 is 4.74 Å². The second-order valence-corrected chi connectivity index (χ2v) is 3.07. The van der Waals surface area contributed by atoms with Gasteiger partial charge in [0.05, 0.1) is 6.61 Å². The number of hydrogen-bond donors (Lipinski definition) is 0. The Bertz CT molecular complexity index is 357. The molecule has 0 N–H and O–H groups in total. The van der Waals surface area contributed by atoms with Crippen LogP contribution in [0.25, 0.3) is 6.08 Å². The van der Waals surface area contributed by atoms with Crippen molar-refractivity contribution in [3.05, 3.63) is 40.6 Å². The Labute approximate surface area is 89.3 Å². The number of halogens is 1. The average molecular weight is 207 g/mol. The molecule has 1 aromatic carbocycles. The molecule has 1 nitrogen and oxygen atoms in total. The fraction of sp³-hybridized carbons (Fsp3) is 0.167. The maximum atomic E-state index is 5.75. The molecule has 0 spiro atoms. The van der Waals surface area contributed by atoms with E-state index in [1.54, 1.807) is 6.08 Å². The normalized spacial score (nSPS) is 10.8. The van der Waals surface area contributed by atoms with Crippen LogP contribution in [-0.2, 0) is 4.74 Å². The van der Waals surface area contributed by atoms with Crippen LogP contribution < -0.4 is 0 Å². The van der Waals surface area contributed by atoms with Gasteiger partial charge in [0.1, 0.15) is 0 Å². The first kappa shape index (κ1) is 10.7. The molecule has 0 atom stereocenters. The van der Waals surface area contributed by atoms with E-state index >= 15 is 0 Å². The Morgan fingerprint density at radius 2 is 2.14 bits per heavy atom.